The molecule has 5 aromatic rings. The minimum atomic E-state index is -0.459. The van der Waals surface area contributed by atoms with E-state index in [0.29, 0.717) is 5.75 Å². The summed E-state index contributed by atoms with van der Waals surface area (Å²) in [6, 6.07) is 27.7. The molecule has 33 heavy (non-hydrogen) atoms. The molecule has 2 heterocycles. The lowest BCUT2D eigenvalue weighted by atomic mass is 10.1. The largest absolute Gasteiger partial charge is 0.425 e. The molecular formula is C24H18N6O2S. The van der Waals surface area contributed by atoms with Crippen molar-refractivity contribution < 1.29 is 9.53 Å². The number of hydrogen-bond acceptors (Lipinski definition) is 8. The molecule has 0 aliphatic carbocycles. The first-order valence-corrected chi connectivity index (χ1v) is 11.0. The summed E-state index contributed by atoms with van der Waals surface area (Å²) < 4.78 is 5.37. The van der Waals surface area contributed by atoms with Crippen molar-refractivity contribution in [1.29, 1.82) is 0 Å². The Labute approximate surface area is 193 Å². The Morgan fingerprint density at radius 1 is 0.879 bits per heavy atom. The van der Waals surface area contributed by atoms with Gasteiger partial charge >= 0.3 is 5.97 Å². The molecule has 8 nitrogen and oxygen atoms in total. The number of esters is 1. The standard InChI is InChI=1S/C24H18N6O2S/c31-20(15-25-24-27-29-30-28-24)32-19-13-11-18(12-14-19)23-26-21(16-7-3-1-4-8-16)22(33-23)17-9-5-2-6-10-17/h1-14H,15H2,(H2,25,27,28,29,30). The minimum absolute atomic E-state index is 0.0748. The van der Waals surface area contributed by atoms with E-state index < -0.39 is 5.97 Å². The second-order valence-electron chi connectivity index (χ2n) is 7.02. The summed E-state index contributed by atoms with van der Waals surface area (Å²) in [4.78, 5) is 18.1. The highest BCUT2D eigenvalue weighted by atomic mass is 32.1. The van der Waals surface area contributed by atoms with Crippen LogP contribution in [0.4, 0.5) is 5.95 Å². The lowest BCUT2D eigenvalue weighted by molar-refractivity contribution is -0.132. The van der Waals surface area contributed by atoms with Crippen LogP contribution >= 0.6 is 11.3 Å². The summed E-state index contributed by atoms with van der Waals surface area (Å²) in [5.41, 5.74) is 4.09. The Morgan fingerprint density at radius 3 is 2.24 bits per heavy atom. The molecule has 2 N–H and O–H groups in total. The van der Waals surface area contributed by atoms with Gasteiger partial charge in [0.05, 0.1) is 10.6 Å². The van der Waals surface area contributed by atoms with Crippen LogP contribution in [0.15, 0.2) is 84.9 Å². The van der Waals surface area contributed by atoms with Crippen LogP contribution < -0.4 is 10.1 Å². The van der Waals surface area contributed by atoms with Gasteiger partial charge in [-0.2, -0.15) is 5.21 Å². The molecule has 0 bridgehead atoms. The molecule has 0 aliphatic heterocycles. The molecule has 0 fully saturated rings. The number of thiazole rings is 1. The van der Waals surface area contributed by atoms with Gasteiger partial charge in [0.25, 0.3) is 5.95 Å². The third kappa shape index (κ3) is 4.78. The number of aromatic amines is 1. The van der Waals surface area contributed by atoms with Crippen molar-refractivity contribution >= 4 is 23.3 Å². The fourth-order valence-corrected chi connectivity index (χ4v) is 4.34. The number of aromatic nitrogens is 5. The van der Waals surface area contributed by atoms with Crippen LogP contribution in [0.3, 0.4) is 0 Å². The lowest BCUT2D eigenvalue weighted by Crippen LogP contribution is -2.20. The third-order valence-corrected chi connectivity index (χ3v) is 5.93. The number of nitrogens with zero attached hydrogens (tertiary/aromatic N) is 4. The zero-order valence-corrected chi connectivity index (χ0v) is 18.1. The van der Waals surface area contributed by atoms with Crippen molar-refractivity contribution in [3.8, 4) is 38.0 Å². The van der Waals surface area contributed by atoms with Crippen molar-refractivity contribution in [1.82, 2.24) is 25.6 Å². The van der Waals surface area contributed by atoms with Crippen molar-refractivity contribution in [2.75, 3.05) is 11.9 Å². The van der Waals surface area contributed by atoms with E-state index in [1.807, 2.05) is 48.5 Å². The maximum atomic E-state index is 12.0. The molecular weight excluding hydrogens is 436 g/mol. The number of carbonyl (C=O) groups is 1. The quantitative estimate of drug-likeness (QED) is 0.272. The maximum absolute atomic E-state index is 12.0. The second kappa shape index (κ2) is 9.41. The Morgan fingerprint density at radius 2 is 1.58 bits per heavy atom. The van der Waals surface area contributed by atoms with Crippen LogP contribution in [0.1, 0.15) is 0 Å². The number of carbonyl (C=O) groups excluding carboxylic acids is 1. The van der Waals surface area contributed by atoms with E-state index in [1.165, 1.54) is 0 Å². The average Bonchev–Trinajstić information content (AvgIpc) is 3.55. The number of tetrazole rings is 1. The van der Waals surface area contributed by atoms with Gasteiger partial charge in [-0.1, -0.05) is 65.8 Å². The molecule has 162 valence electrons. The van der Waals surface area contributed by atoms with Gasteiger partial charge in [0.1, 0.15) is 17.3 Å². The molecule has 9 heteroatoms. The Kier molecular flexibility index (Phi) is 5.85. The molecule has 0 atom stereocenters. The zero-order valence-electron chi connectivity index (χ0n) is 17.3. The van der Waals surface area contributed by atoms with Crippen molar-refractivity contribution in [2.24, 2.45) is 0 Å². The topological polar surface area (TPSA) is 106 Å². The van der Waals surface area contributed by atoms with Gasteiger partial charge in [0, 0.05) is 11.1 Å². The molecule has 3 aromatic carbocycles. The van der Waals surface area contributed by atoms with Crippen molar-refractivity contribution in [3.63, 3.8) is 0 Å². The van der Waals surface area contributed by atoms with Crippen LogP contribution in [0, 0.1) is 0 Å². The van der Waals surface area contributed by atoms with E-state index in [2.05, 4.69) is 50.2 Å². The molecule has 0 saturated carbocycles. The van der Waals surface area contributed by atoms with Gasteiger partial charge in [0.15, 0.2) is 0 Å². The lowest BCUT2D eigenvalue weighted by Gasteiger charge is -2.05. The van der Waals surface area contributed by atoms with Crippen LogP contribution in [0.2, 0.25) is 0 Å². The molecule has 0 saturated heterocycles. The molecule has 2 aromatic heterocycles. The number of benzene rings is 3. The van der Waals surface area contributed by atoms with Crippen LogP contribution in [-0.2, 0) is 4.79 Å². The molecule has 0 spiro atoms. The first-order chi connectivity index (χ1) is 16.3. The van der Waals surface area contributed by atoms with Gasteiger partial charge in [0.2, 0.25) is 0 Å². The maximum Gasteiger partial charge on any atom is 0.330 e. The number of hydrogen-bond donors (Lipinski definition) is 2. The SMILES string of the molecule is O=C(CNc1nn[nH]n1)Oc1ccc(-c2nc(-c3ccccc3)c(-c3ccccc3)s2)cc1. The summed E-state index contributed by atoms with van der Waals surface area (Å²) in [5, 5.41) is 16.8. The molecule has 5 rings (SSSR count). The highest BCUT2D eigenvalue weighted by Crippen LogP contribution is 2.40. The minimum Gasteiger partial charge on any atom is -0.425 e. The number of rotatable bonds is 7. The Hall–Kier alpha value is -4.37. The van der Waals surface area contributed by atoms with E-state index in [9.17, 15) is 4.79 Å². The number of nitrogens with one attached hydrogen (secondary N) is 2. The fraction of sp³-hybridized carbons (Fsp3) is 0.0417. The third-order valence-electron chi connectivity index (χ3n) is 4.78. The summed E-state index contributed by atoms with van der Waals surface area (Å²) in [6.07, 6.45) is 0. The molecule has 0 amide bonds. The second-order valence-corrected chi connectivity index (χ2v) is 8.02. The van der Waals surface area contributed by atoms with E-state index in [4.69, 9.17) is 9.72 Å². The van der Waals surface area contributed by atoms with Crippen molar-refractivity contribution in [2.45, 2.75) is 0 Å². The Bertz CT molecular complexity index is 1280. The van der Waals surface area contributed by atoms with Gasteiger partial charge in [-0.3, -0.25) is 0 Å². The summed E-state index contributed by atoms with van der Waals surface area (Å²) in [6.45, 7) is -0.0748. The van der Waals surface area contributed by atoms with Crippen LogP contribution in [-0.4, -0.2) is 38.1 Å². The van der Waals surface area contributed by atoms with Gasteiger partial charge in [-0.05, 0) is 35.0 Å². The van der Waals surface area contributed by atoms with Crippen molar-refractivity contribution in [3.05, 3.63) is 84.9 Å². The van der Waals surface area contributed by atoms with Gasteiger partial charge < -0.3 is 10.1 Å². The monoisotopic (exact) mass is 454 g/mol. The van der Waals surface area contributed by atoms with Gasteiger partial charge in [-0.25, -0.2) is 9.78 Å². The van der Waals surface area contributed by atoms with E-state index in [1.54, 1.807) is 23.5 Å². The normalized spacial score (nSPS) is 10.7. The summed E-state index contributed by atoms with van der Waals surface area (Å²) in [5.74, 6) is 0.218. The molecule has 0 unspecified atom stereocenters. The number of anilines is 1. The number of H-pyrrole nitrogens is 1. The Balaban J connectivity index is 1.37. The molecule has 0 radical (unpaired) electrons. The molecule has 0 aliphatic rings. The van der Waals surface area contributed by atoms with E-state index >= 15 is 0 Å². The average molecular weight is 455 g/mol. The fourth-order valence-electron chi connectivity index (χ4n) is 3.24. The zero-order chi connectivity index (χ0) is 22.5. The van der Waals surface area contributed by atoms with Gasteiger partial charge in [-0.15, -0.1) is 16.4 Å². The van der Waals surface area contributed by atoms with Crippen LogP contribution in [0.5, 0.6) is 5.75 Å². The predicted molar refractivity (Wildman–Crippen MR) is 127 cm³/mol. The van der Waals surface area contributed by atoms with E-state index in [0.717, 1.165) is 32.3 Å². The van der Waals surface area contributed by atoms with E-state index in [-0.39, 0.29) is 12.5 Å². The smallest absolute Gasteiger partial charge is 0.330 e. The highest BCUT2D eigenvalue weighted by molar-refractivity contribution is 7.19. The summed E-state index contributed by atoms with van der Waals surface area (Å²) in [7, 11) is 0. The first-order valence-electron chi connectivity index (χ1n) is 10.2. The van der Waals surface area contributed by atoms with Crippen LogP contribution in [0.25, 0.3) is 32.3 Å². The highest BCUT2D eigenvalue weighted by Gasteiger charge is 2.16. The summed E-state index contributed by atoms with van der Waals surface area (Å²) >= 11 is 1.64. The predicted octanol–water partition coefficient (Wildman–Crippen LogP) is 4.67. The number of ether oxygens (including phenoxy) is 1. The first kappa shape index (κ1) is 20.5.